The number of nitrogens with one attached hydrogen (secondary N) is 1. The molecule has 0 bridgehead atoms. The van der Waals surface area contributed by atoms with E-state index in [1.54, 1.807) is 43.3 Å². The molecule has 3 rings (SSSR count). The van der Waals surface area contributed by atoms with Crippen LogP contribution >= 0.6 is 15.9 Å². The molecule has 1 aromatic heterocycles. The van der Waals surface area contributed by atoms with E-state index in [2.05, 4.69) is 36.1 Å². The van der Waals surface area contributed by atoms with Gasteiger partial charge in [0.25, 0.3) is 11.8 Å². The lowest BCUT2D eigenvalue weighted by atomic mass is 10.1. The predicted molar refractivity (Wildman–Crippen MR) is 96.4 cm³/mol. The van der Waals surface area contributed by atoms with Gasteiger partial charge in [0, 0.05) is 27.7 Å². The van der Waals surface area contributed by atoms with Gasteiger partial charge in [-0.05, 0) is 49.4 Å². The summed E-state index contributed by atoms with van der Waals surface area (Å²) in [5.74, 6) is 0.534. The number of carbonyl (C=O) groups excluding carboxylic acids is 1. The maximum Gasteiger partial charge on any atom is 0.387 e. The number of benzene rings is 2. The van der Waals surface area contributed by atoms with Gasteiger partial charge >= 0.3 is 6.61 Å². The van der Waals surface area contributed by atoms with E-state index >= 15 is 0 Å². The van der Waals surface area contributed by atoms with Crippen LogP contribution in [-0.2, 0) is 6.54 Å². The number of aryl methyl sites for hydroxylation is 1. The first-order chi connectivity index (χ1) is 12.9. The van der Waals surface area contributed by atoms with Crippen LogP contribution in [0.1, 0.15) is 21.7 Å². The number of amides is 1. The van der Waals surface area contributed by atoms with Gasteiger partial charge in [0.05, 0.1) is 0 Å². The maximum absolute atomic E-state index is 12.5. The minimum absolute atomic E-state index is 0.00983. The molecule has 0 aliphatic rings. The Morgan fingerprint density at radius 3 is 2.63 bits per heavy atom. The number of rotatable bonds is 6. The van der Waals surface area contributed by atoms with Crippen LogP contribution in [-0.4, -0.2) is 22.7 Å². The SMILES string of the molecule is Cc1noc(-c2ccc(C(=O)NCc3cc(Br)ccc3OC(F)F)cc2)n1. The van der Waals surface area contributed by atoms with Crippen molar-refractivity contribution in [2.75, 3.05) is 0 Å². The van der Waals surface area contributed by atoms with E-state index in [1.807, 2.05) is 0 Å². The molecule has 0 saturated carbocycles. The molecule has 0 saturated heterocycles. The third kappa shape index (κ3) is 4.88. The molecule has 0 aliphatic carbocycles. The highest BCUT2D eigenvalue weighted by Gasteiger charge is 2.13. The summed E-state index contributed by atoms with van der Waals surface area (Å²) in [6, 6.07) is 11.2. The highest BCUT2D eigenvalue weighted by atomic mass is 79.9. The van der Waals surface area contributed by atoms with Crippen molar-refractivity contribution < 1.29 is 22.8 Å². The second kappa shape index (κ2) is 8.26. The molecule has 6 nitrogen and oxygen atoms in total. The van der Waals surface area contributed by atoms with Gasteiger partial charge in [0.15, 0.2) is 5.82 Å². The Morgan fingerprint density at radius 1 is 1.26 bits per heavy atom. The van der Waals surface area contributed by atoms with E-state index in [4.69, 9.17) is 4.52 Å². The van der Waals surface area contributed by atoms with Crippen molar-refractivity contribution in [1.29, 1.82) is 0 Å². The van der Waals surface area contributed by atoms with Gasteiger partial charge in [-0.2, -0.15) is 13.8 Å². The first-order valence-corrected chi connectivity index (χ1v) is 8.64. The van der Waals surface area contributed by atoms with Crippen LogP contribution in [0.5, 0.6) is 5.75 Å². The van der Waals surface area contributed by atoms with Crippen LogP contribution in [0.25, 0.3) is 11.5 Å². The van der Waals surface area contributed by atoms with Gasteiger partial charge in [0.2, 0.25) is 0 Å². The Balaban J connectivity index is 1.68. The number of nitrogens with zero attached hydrogens (tertiary/aromatic N) is 2. The van der Waals surface area contributed by atoms with Gasteiger partial charge in [-0.3, -0.25) is 4.79 Å². The van der Waals surface area contributed by atoms with Gasteiger partial charge in [-0.25, -0.2) is 0 Å². The van der Waals surface area contributed by atoms with Gasteiger partial charge in [-0.1, -0.05) is 21.1 Å². The summed E-state index contributed by atoms with van der Waals surface area (Å²) in [6.07, 6.45) is 0. The standard InChI is InChI=1S/C18H14BrF2N3O3/c1-10-23-17(27-24-10)12-4-2-11(3-5-12)16(25)22-9-13-8-14(19)6-7-15(13)26-18(20)21/h2-8,18H,9H2,1H3,(H,22,25). The third-order valence-corrected chi connectivity index (χ3v) is 4.09. The molecule has 0 spiro atoms. The quantitative estimate of drug-likeness (QED) is 0.620. The fourth-order valence-electron chi connectivity index (χ4n) is 2.35. The van der Waals surface area contributed by atoms with E-state index in [0.717, 1.165) is 0 Å². The number of hydrogen-bond donors (Lipinski definition) is 1. The highest BCUT2D eigenvalue weighted by Crippen LogP contribution is 2.25. The smallest absolute Gasteiger partial charge is 0.387 e. The number of aromatic nitrogens is 2. The molecule has 0 unspecified atom stereocenters. The Bertz CT molecular complexity index is 945. The molecular formula is C18H14BrF2N3O3. The fraction of sp³-hybridized carbons (Fsp3) is 0.167. The number of ether oxygens (including phenoxy) is 1. The van der Waals surface area contributed by atoms with Crippen LogP contribution in [0.3, 0.4) is 0 Å². The van der Waals surface area contributed by atoms with E-state index < -0.39 is 6.61 Å². The predicted octanol–water partition coefficient (Wildman–Crippen LogP) is 4.34. The summed E-state index contributed by atoms with van der Waals surface area (Å²) < 4.78 is 35.2. The lowest BCUT2D eigenvalue weighted by Gasteiger charge is -2.12. The van der Waals surface area contributed by atoms with Crippen molar-refractivity contribution in [2.24, 2.45) is 0 Å². The molecule has 0 fully saturated rings. The summed E-state index contributed by atoms with van der Waals surface area (Å²) in [7, 11) is 0. The number of halogens is 3. The zero-order valence-corrected chi connectivity index (χ0v) is 15.7. The fourth-order valence-corrected chi connectivity index (χ4v) is 2.76. The maximum atomic E-state index is 12.5. The molecule has 1 amide bonds. The summed E-state index contributed by atoms with van der Waals surface area (Å²) in [6.45, 7) is -1.20. The second-order valence-corrected chi connectivity index (χ2v) is 6.45. The molecule has 1 N–H and O–H groups in total. The van der Waals surface area contributed by atoms with E-state index in [1.165, 1.54) is 6.07 Å². The van der Waals surface area contributed by atoms with Gasteiger partial charge in [0.1, 0.15) is 5.75 Å². The van der Waals surface area contributed by atoms with Crippen molar-refractivity contribution in [1.82, 2.24) is 15.5 Å². The molecule has 3 aromatic rings. The molecular weight excluding hydrogens is 424 g/mol. The minimum Gasteiger partial charge on any atom is -0.434 e. The summed E-state index contributed by atoms with van der Waals surface area (Å²) in [5, 5.41) is 6.40. The van der Waals surface area contributed by atoms with Crippen molar-refractivity contribution in [3.8, 4) is 17.2 Å². The van der Waals surface area contributed by atoms with Crippen LogP contribution in [0.15, 0.2) is 51.5 Å². The highest BCUT2D eigenvalue weighted by molar-refractivity contribution is 9.10. The molecule has 0 atom stereocenters. The average molecular weight is 438 g/mol. The molecule has 2 aromatic carbocycles. The number of alkyl halides is 2. The monoisotopic (exact) mass is 437 g/mol. The van der Waals surface area contributed by atoms with Crippen molar-refractivity contribution in [3.63, 3.8) is 0 Å². The van der Waals surface area contributed by atoms with Crippen molar-refractivity contribution in [2.45, 2.75) is 20.1 Å². The zero-order chi connectivity index (χ0) is 19.4. The van der Waals surface area contributed by atoms with E-state index in [9.17, 15) is 13.6 Å². The molecule has 140 valence electrons. The van der Waals surface area contributed by atoms with Gasteiger partial charge in [-0.15, -0.1) is 0 Å². The van der Waals surface area contributed by atoms with Crippen LogP contribution in [0.2, 0.25) is 0 Å². The van der Waals surface area contributed by atoms with Crippen LogP contribution < -0.4 is 10.1 Å². The van der Waals surface area contributed by atoms with E-state index in [0.29, 0.717) is 32.9 Å². The first kappa shape index (κ1) is 19.0. The largest absolute Gasteiger partial charge is 0.434 e. The summed E-state index contributed by atoms with van der Waals surface area (Å²) in [5.41, 5.74) is 1.52. The lowest BCUT2D eigenvalue weighted by molar-refractivity contribution is -0.0504. The Kier molecular flexibility index (Phi) is 5.80. The number of carbonyl (C=O) groups is 1. The topological polar surface area (TPSA) is 77.2 Å². The summed E-state index contributed by atoms with van der Waals surface area (Å²) in [4.78, 5) is 16.4. The molecule has 0 aliphatic heterocycles. The molecule has 27 heavy (non-hydrogen) atoms. The van der Waals surface area contributed by atoms with Gasteiger partial charge < -0.3 is 14.6 Å². The molecule has 1 heterocycles. The van der Waals surface area contributed by atoms with Crippen LogP contribution in [0.4, 0.5) is 8.78 Å². The molecule has 9 heteroatoms. The Labute approximate surface area is 161 Å². The van der Waals surface area contributed by atoms with Crippen molar-refractivity contribution >= 4 is 21.8 Å². The van der Waals surface area contributed by atoms with E-state index in [-0.39, 0.29) is 18.2 Å². The lowest BCUT2D eigenvalue weighted by Crippen LogP contribution is -2.23. The van der Waals surface area contributed by atoms with Crippen LogP contribution in [0, 0.1) is 6.92 Å². The third-order valence-electron chi connectivity index (χ3n) is 3.60. The minimum atomic E-state index is -2.94. The second-order valence-electron chi connectivity index (χ2n) is 5.54. The average Bonchev–Trinajstić information content (AvgIpc) is 3.08. The zero-order valence-electron chi connectivity index (χ0n) is 14.1. The Morgan fingerprint density at radius 2 is 2.00 bits per heavy atom. The summed E-state index contributed by atoms with van der Waals surface area (Å²) >= 11 is 3.27. The first-order valence-electron chi connectivity index (χ1n) is 7.84. The Hall–Kier alpha value is -2.81. The molecule has 0 radical (unpaired) electrons. The normalized spacial score (nSPS) is 10.9. The number of hydrogen-bond acceptors (Lipinski definition) is 5. The van der Waals surface area contributed by atoms with Crippen molar-refractivity contribution in [3.05, 3.63) is 63.9 Å².